The van der Waals surface area contributed by atoms with Crippen LogP contribution < -0.4 is 11.1 Å². The number of nitrogens with two attached hydrogens (primary N) is 1. The number of nitrogens with zero attached hydrogens (tertiary/aromatic N) is 2. The smallest absolute Gasteiger partial charge is 0.193 e. The molecular weight excluding hydrogens is 352 g/mol. The van der Waals surface area contributed by atoms with E-state index in [4.69, 9.17) is 15.2 Å². The number of methoxy groups -OCH3 is 1. The van der Waals surface area contributed by atoms with Crippen LogP contribution in [0, 0.1) is 6.92 Å². The fourth-order valence-corrected chi connectivity index (χ4v) is 3.48. The van der Waals surface area contributed by atoms with Gasteiger partial charge < -0.3 is 20.5 Å². The van der Waals surface area contributed by atoms with Gasteiger partial charge in [0.1, 0.15) is 0 Å². The number of morpholine rings is 1. The van der Waals surface area contributed by atoms with E-state index in [-0.39, 0.29) is 6.04 Å². The zero-order valence-corrected chi connectivity index (χ0v) is 16.7. The van der Waals surface area contributed by atoms with Crippen LogP contribution >= 0.6 is 0 Å². The summed E-state index contributed by atoms with van der Waals surface area (Å²) in [6, 6.07) is 16.7. The van der Waals surface area contributed by atoms with Crippen molar-refractivity contribution in [3.8, 4) is 0 Å². The largest absolute Gasteiger partial charge is 0.380 e. The Morgan fingerprint density at radius 1 is 1.21 bits per heavy atom. The maximum atomic E-state index is 6.21. The summed E-state index contributed by atoms with van der Waals surface area (Å²) in [4.78, 5) is 7.09. The van der Waals surface area contributed by atoms with Crippen molar-refractivity contribution in [1.29, 1.82) is 0 Å². The predicted molar refractivity (Wildman–Crippen MR) is 114 cm³/mol. The van der Waals surface area contributed by atoms with Gasteiger partial charge in [0.05, 0.1) is 32.4 Å². The van der Waals surface area contributed by atoms with Crippen molar-refractivity contribution in [3.05, 3.63) is 65.2 Å². The van der Waals surface area contributed by atoms with E-state index in [1.54, 1.807) is 7.11 Å². The molecule has 0 saturated carbocycles. The summed E-state index contributed by atoms with van der Waals surface area (Å²) in [6.45, 7) is 6.54. The molecule has 3 rings (SSSR count). The number of hydrogen-bond donors (Lipinski definition) is 2. The second-order valence-corrected chi connectivity index (χ2v) is 7.02. The molecule has 1 aliphatic rings. The lowest BCUT2D eigenvalue weighted by molar-refractivity contribution is 0.0180. The number of aryl methyl sites for hydroxylation is 1. The van der Waals surface area contributed by atoms with Gasteiger partial charge in [-0.15, -0.1) is 0 Å². The summed E-state index contributed by atoms with van der Waals surface area (Å²) in [7, 11) is 1.68. The van der Waals surface area contributed by atoms with Gasteiger partial charge in [-0.2, -0.15) is 0 Å². The van der Waals surface area contributed by atoms with Gasteiger partial charge in [0.2, 0.25) is 0 Å². The molecule has 6 nitrogen and oxygen atoms in total. The number of guanidine groups is 1. The van der Waals surface area contributed by atoms with Crippen LogP contribution in [0.4, 0.5) is 5.69 Å². The number of hydrogen-bond acceptors (Lipinski definition) is 4. The Morgan fingerprint density at radius 2 is 2.00 bits per heavy atom. The first kappa shape index (κ1) is 20.3. The standard InChI is InChI=1S/C22H30N4O2/c1-17-6-5-8-18(14-17)21(26-10-12-28-13-11-26)15-24-22(23)25-20-9-4-3-7-19(20)16-27-2/h3-9,14,21H,10-13,15-16H2,1-2H3,(H3,23,24,25). The molecule has 0 bridgehead atoms. The summed E-state index contributed by atoms with van der Waals surface area (Å²) < 4.78 is 10.8. The van der Waals surface area contributed by atoms with Gasteiger partial charge in [0.15, 0.2) is 5.96 Å². The van der Waals surface area contributed by atoms with Crippen LogP contribution in [0.1, 0.15) is 22.7 Å². The quantitative estimate of drug-likeness (QED) is 0.569. The van der Waals surface area contributed by atoms with Crippen LogP contribution in [-0.2, 0) is 16.1 Å². The molecule has 1 heterocycles. The molecule has 1 saturated heterocycles. The maximum absolute atomic E-state index is 6.21. The Hall–Kier alpha value is -2.41. The molecule has 28 heavy (non-hydrogen) atoms. The number of anilines is 1. The molecule has 0 radical (unpaired) electrons. The second-order valence-electron chi connectivity index (χ2n) is 7.02. The first-order chi connectivity index (χ1) is 13.7. The van der Waals surface area contributed by atoms with E-state index in [2.05, 4.69) is 46.4 Å². The SMILES string of the molecule is COCc1ccccc1NC(N)=NCC(c1cccc(C)c1)N1CCOCC1. The average Bonchev–Trinajstić information content (AvgIpc) is 2.71. The molecule has 1 atom stereocenters. The Morgan fingerprint density at radius 3 is 2.75 bits per heavy atom. The molecule has 2 aromatic rings. The van der Waals surface area contributed by atoms with Crippen molar-refractivity contribution >= 4 is 11.6 Å². The van der Waals surface area contributed by atoms with Crippen molar-refractivity contribution in [1.82, 2.24) is 4.90 Å². The molecule has 3 N–H and O–H groups in total. The molecule has 2 aromatic carbocycles. The fourth-order valence-electron chi connectivity index (χ4n) is 3.48. The first-order valence-electron chi connectivity index (χ1n) is 9.69. The minimum Gasteiger partial charge on any atom is -0.380 e. The Kier molecular flexibility index (Phi) is 7.42. The molecule has 1 aliphatic heterocycles. The van der Waals surface area contributed by atoms with E-state index in [0.29, 0.717) is 19.1 Å². The number of benzene rings is 2. The van der Waals surface area contributed by atoms with E-state index in [1.165, 1.54) is 11.1 Å². The highest BCUT2D eigenvalue weighted by atomic mass is 16.5. The molecule has 150 valence electrons. The van der Waals surface area contributed by atoms with E-state index in [1.807, 2.05) is 24.3 Å². The monoisotopic (exact) mass is 382 g/mol. The Bertz CT molecular complexity index is 788. The van der Waals surface area contributed by atoms with E-state index < -0.39 is 0 Å². The lowest BCUT2D eigenvalue weighted by atomic mass is 10.0. The van der Waals surface area contributed by atoms with Crippen molar-refractivity contribution in [3.63, 3.8) is 0 Å². The topological polar surface area (TPSA) is 72.1 Å². The van der Waals surface area contributed by atoms with Gasteiger partial charge in [-0.25, -0.2) is 0 Å². The number of para-hydroxylation sites is 1. The lowest BCUT2D eigenvalue weighted by Gasteiger charge is -2.34. The van der Waals surface area contributed by atoms with Crippen LogP contribution in [0.2, 0.25) is 0 Å². The van der Waals surface area contributed by atoms with Crippen LogP contribution in [-0.4, -0.2) is 50.8 Å². The third-order valence-electron chi connectivity index (χ3n) is 4.93. The van der Waals surface area contributed by atoms with E-state index in [0.717, 1.165) is 37.6 Å². The van der Waals surface area contributed by atoms with Gasteiger partial charge in [0.25, 0.3) is 0 Å². The van der Waals surface area contributed by atoms with Gasteiger partial charge in [-0.1, -0.05) is 48.0 Å². The number of nitrogens with one attached hydrogen (secondary N) is 1. The Labute approximate surface area is 167 Å². The van der Waals surface area contributed by atoms with Crippen LogP contribution in [0.15, 0.2) is 53.5 Å². The Balaban J connectivity index is 1.75. The van der Waals surface area contributed by atoms with Crippen LogP contribution in [0.5, 0.6) is 0 Å². The number of aliphatic imine (C=N–C) groups is 1. The highest BCUT2D eigenvalue weighted by molar-refractivity contribution is 5.93. The normalized spacial score (nSPS) is 16.7. The van der Waals surface area contributed by atoms with Crippen molar-refractivity contribution in [2.24, 2.45) is 10.7 Å². The third-order valence-corrected chi connectivity index (χ3v) is 4.93. The fraction of sp³-hybridized carbons (Fsp3) is 0.409. The maximum Gasteiger partial charge on any atom is 0.193 e. The summed E-state index contributed by atoms with van der Waals surface area (Å²) in [6.07, 6.45) is 0. The van der Waals surface area contributed by atoms with Crippen molar-refractivity contribution in [2.75, 3.05) is 45.3 Å². The molecule has 0 spiro atoms. The number of ether oxygens (including phenoxy) is 2. The molecule has 1 unspecified atom stereocenters. The minimum atomic E-state index is 0.179. The summed E-state index contributed by atoms with van der Waals surface area (Å²) in [5.41, 5.74) is 10.7. The molecule has 6 heteroatoms. The number of rotatable bonds is 7. The zero-order valence-electron chi connectivity index (χ0n) is 16.7. The first-order valence-corrected chi connectivity index (χ1v) is 9.69. The third kappa shape index (κ3) is 5.55. The molecule has 0 aliphatic carbocycles. The van der Waals surface area contributed by atoms with Crippen LogP contribution in [0.3, 0.4) is 0 Å². The van der Waals surface area contributed by atoms with E-state index >= 15 is 0 Å². The summed E-state index contributed by atoms with van der Waals surface area (Å²) in [5.74, 6) is 0.412. The zero-order chi connectivity index (χ0) is 19.8. The molecule has 0 amide bonds. The summed E-state index contributed by atoms with van der Waals surface area (Å²) in [5, 5.41) is 3.22. The lowest BCUT2D eigenvalue weighted by Crippen LogP contribution is -2.40. The highest BCUT2D eigenvalue weighted by Crippen LogP contribution is 2.23. The van der Waals surface area contributed by atoms with Gasteiger partial charge in [-0.05, 0) is 18.6 Å². The van der Waals surface area contributed by atoms with Gasteiger partial charge in [0, 0.05) is 31.5 Å². The highest BCUT2D eigenvalue weighted by Gasteiger charge is 2.22. The average molecular weight is 383 g/mol. The van der Waals surface area contributed by atoms with Gasteiger partial charge in [-0.3, -0.25) is 9.89 Å². The second kappa shape index (κ2) is 10.2. The molecular formula is C22H30N4O2. The molecule has 1 fully saturated rings. The molecule has 0 aromatic heterocycles. The van der Waals surface area contributed by atoms with Crippen molar-refractivity contribution < 1.29 is 9.47 Å². The minimum absolute atomic E-state index is 0.179. The van der Waals surface area contributed by atoms with Crippen LogP contribution in [0.25, 0.3) is 0 Å². The van der Waals surface area contributed by atoms with E-state index in [9.17, 15) is 0 Å². The van der Waals surface area contributed by atoms with Crippen molar-refractivity contribution in [2.45, 2.75) is 19.6 Å². The predicted octanol–water partition coefficient (Wildman–Crippen LogP) is 2.94. The van der Waals surface area contributed by atoms with Gasteiger partial charge >= 0.3 is 0 Å². The summed E-state index contributed by atoms with van der Waals surface area (Å²) >= 11 is 0.